The highest BCUT2D eigenvalue weighted by molar-refractivity contribution is 5.79. The third-order valence-corrected chi connectivity index (χ3v) is 4.18. The lowest BCUT2D eigenvalue weighted by Gasteiger charge is -2.26. The summed E-state index contributed by atoms with van der Waals surface area (Å²) in [6.45, 7) is 12.3. The van der Waals surface area contributed by atoms with E-state index in [1.54, 1.807) is 0 Å². The minimum atomic E-state index is 0.641. The fourth-order valence-electron chi connectivity index (χ4n) is 2.80. The van der Waals surface area contributed by atoms with Gasteiger partial charge in [-0.3, -0.25) is 4.90 Å². The summed E-state index contributed by atoms with van der Waals surface area (Å²) in [6.07, 6.45) is 2.12. The summed E-state index contributed by atoms with van der Waals surface area (Å²) in [4.78, 5) is 7.15. The van der Waals surface area contributed by atoms with Gasteiger partial charge in [0.25, 0.3) is 0 Å². The second-order valence-electron chi connectivity index (χ2n) is 6.43. The maximum Gasteiger partial charge on any atom is 0.191 e. The number of nitrogens with one attached hydrogen (secondary N) is 2. The van der Waals surface area contributed by atoms with Crippen LogP contribution < -0.4 is 15.4 Å². The largest absolute Gasteiger partial charge is 0.494 e. The third kappa shape index (κ3) is 8.06. The van der Waals surface area contributed by atoms with Crippen LogP contribution in [0.1, 0.15) is 32.3 Å². The number of hydrogen-bond donors (Lipinski definition) is 2. The van der Waals surface area contributed by atoms with Gasteiger partial charge >= 0.3 is 0 Å². The average Bonchev–Trinajstić information content (AvgIpc) is 2.69. The molecular formula is C20H34N4O2. The van der Waals surface area contributed by atoms with E-state index in [-0.39, 0.29) is 0 Å². The van der Waals surface area contributed by atoms with E-state index in [9.17, 15) is 0 Å². The van der Waals surface area contributed by atoms with E-state index in [2.05, 4.69) is 41.5 Å². The van der Waals surface area contributed by atoms with E-state index in [0.717, 1.165) is 82.7 Å². The van der Waals surface area contributed by atoms with Crippen molar-refractivity contribution in [1.29, 1.82) is 0 Å². The summed E-state index contributed by atoms with van der Waals surface area (Å²) in [7, 11) is 0. The fourth-order valence-corrected chi connectivity index (χ4v) is 2.80. The van der Waals surface area contributed by atoms with E-state index < -0.39 is 0 Å². The molecule has 0 amide bonds. The molecule has 0 aliphatic carbocycles. The second kappa shape index (κ2) is 12.5. The van der Waals surface area contributed by atoms with Crippen molar-refractivity contribution in [3.05, 3.63) is 29.8 Å². The van der Waals surface area contributed by atoms with Gasteiger partial charge in [0.15, 0.2) is 5.96 Å². The average molecular weight is 363 g/mol. The first-order valence-electron chi connectivity index (χ1n) is 9.85. The van der Waals surface area contributed by atoms with E-state index in [1.165, 1.54) is 0 Å². The van der Waals surface area contributed by atoms with Crippen LogP contribution in [0.4, 0.5) is 0 Å². The van der Waals surface area contributed by atoms with Gasteiger partial charge in [-0.05, 0) is 44.0 Å². The molecule has 0 aromatic heterocycles. The monoisotopic (exact) mass is 362 g/mol. The van der Waals surface area contributed by atoms with E-state index >= 15 is 0 Å². The molecule has 1 aliphatic heterocycles. The van der Waals surface area contributed by atoms with Crippen molar-refractivity contribution in [1.82, 2.24) is 15.5 Å². The molecule has 2 rings (SSSR count). The van der Waals surface area contributed by atoms with Crippen molar-refractivity contribution >= 4 is 5.96 Å². The number of benzene rings is 1. The molecule has 1 saturated heterocycles. The molecule has 1 heterocycles. The van der Waals surface area contributed by atoms with Gasteiger partial charge in [-0.2, -0.15) is 0 Å². The Morgan fingerprint density at radius 3 is 2.85 bits per heavy atom. The molecule has 26 heavy (non-hydrogen) atoms. The lowest BCUT2D eigenvalue weighted by Crippen LogP contribution is -2.40. The van der Waals surface area contributed by atoms with Gasteiger partial charge in [-0.15, -0.1) is 0 Å². The Kier molecular flexibility index (Phi) is 9.90. The molecule has 1 aromatic carbocycles. The predicted octanol–water partition coefficient (Wildman–Crippen LogP) is 2.25. The zero-order valence-electron chi connectivity index (χ0n) is 16.3. The van der Waals surface area contributed by atoms with Gasteiger partial charge in [0.05, 0.1) is 26.4 Å². The first kappa shape index (κ1) is 20.5. The SMILES string of the molecule is CCCOc1cccc(CN=C(NCC)NCCCN2CCOCC2)c1. The molecule has 1 aromatic rings. The first-order chi connectivity index (χ1) is 12.8. The van der Waals surface area contributed by atoms with Crippen molar-refractivity contribution in [3.63, 3.8) is 0 Å². The van der Waals surface area contributed by atoms with E-state index in [4.69, 9.17) is 14.5 Å². The minimum Gasteiger partial charge on any atom is -0.494 e. The maximum absolute atomic E-state index is 5.69. The fraction of sp³-hybridized carbons (Fsp3) is 0.650. The van der Waals surface area contributed by atoms with Gasteiger partial charge < -0.3 is 20.1 Å². The van der Waals surface area contributed by atoms with Gasteiger partial charge in [0, 0.05) is 26.2 Å². The van der Waals surface area contributed by atoms with Gasteiger partial charge in [-0.1, -0.05) is 19.1 Å². The lowest BCUT2D eigenvalue weighted by atomic mass is 10.2. The number of rotatable bonds is 10. The number of morpholine rings is 1. The number of nitrogens with zero attached hydrogens (tertiary/aromatic N) is 2. The smallest absolute Gasteiger partial charge is 0.191 e. The molecule has 0 radical (unpaired) electrons. The normalized spacial score (nSPS) is 15.7. The van der Waals surface area contributed by atoms with Crippen molar-refractivity contribution in [2.75, 3.05) is 52.5 Å². The maximum atomic E-state index is 5.69. The molecule has 0 spiro atoms. The summed E-state index contributed by atoms with van der Waals surface area (Å²) in [5, 5.41) is 6.74. The number of guanidine groups is 1. The Labute approximate surface area is 158 Å². The highest BCUT2D eigenvalue weighted by atomic mass is 16.5. The van der Waals surface area contributed by atoms with Crippen LogP contribution in [0, 0.1) is 0 Å². The molecule has 0 bridgehead atoms. The minimum absolute atomic E-state index is 0.641. The number of aliphatic imine (C=N–C) groups is 1. The van der Waals surface area contributed by atoms with Crippen molar-refractivity contribution in [2.24, 2.45) is 4.99 Å². The Morgan fingerprint density at radius 1 is 1.23 bits per heavy atom. The Hall–Kier alpha value is -1.79. The molecular weight excluding hydrogens is 328 g/mol. The number of ether oxygens (including phenoxy) is 2. The van der Waals surface area contributed by atoms with E-state index in [0.29, 0.717) is 6.54 Å². The zero-order chi connectivity index (χ0) is 18.5. The van der Waals surface area contributed by atoms with Crippen LogP contribution >= 0.6 is 0 Å². The molecule has 1 fully saturated rings. The van der Waals surface area contributed by atoms with Crippen LogP contribution in [0.15, 0.2) is 29.3 Å². The van der Waals surface area contributed by atoms with E-state index in [1.807, 2.05) is 12.1 Å². The van der Waals surface area contributed by atoms with Crippen LogP contribution in [0.25, 0.3) is 0 Å². The summed E-state index contributed by atoms with van der Waals surface area (Å²) in [5.41, 5.74) is 1.16. The van der Waals surface area contributed by atoms with Crippen LogP contribution in [-0.4, -0.2) is 63.4 Å². The van der Waals surface area contributed by atoms with Crippen LogP contribution in [-0.2, 0) is 11.3 Å². The first-order valence-corrected chi connectivity index (χ1v) is 9.85. The molecule has 1 aliphatic rings. The van der Waals surface area contributed by atoms with Gasteiger partial charge in [0.2, 0.25) is 0 Å². The molecule has 6 nitrogen and oxygen atoms in total. The van der Waals surface area contributed by atoms with Crippen LogP contribution in [0.5, 0.6) is 5.75 Å². The van der Waals surface area contributed by atoms with Crippen molar-refractivity contribution in [3.8, 4) is 5.75 Å². The summed E-state index contributed by atoms with van der Waals surface area (Å²) in [6, 6.07) is 8.18. The van der Waals surface area contributed by atoms with Crippen LogP contribution in [0.2, 0.25) is 0 Å². The quantitative estimate of drug-likeness (QED) is 0.380. The molecule has 0 atom stereocenters. The number of hydrogen-bond acceptors (Lipinski definition) is 4. The highest BCUT2D eigenvalue weighted by Gasteiger charge is 2.09. The lowest BCUT2D eigenvalue weighted by molar-refractivity contribution is 0.0376. The Bertz CT molecular complexity index is 530. The summed E-state index contributed by atoms with van der Waals surface area (Å²) < 4.78 is 11.1. The second-order valence-corrected chi connectivity index (χ2v) is 6.43. The Balaban J connectivity index is 1.76. The zero-order valence-corrected chi connectivity index (χ0v) is 16.3. The standard InChI is InChI=1S/C20H34N4O2/c1-3-13-26-19-8-5-7-18(16-19)17-23-20(21-4-2)22-9-6-10-24-11-14-25-15-12-24/h5,7-8,16H,3-4,6,9-15,17H2,1-2H3,(H2,21,22,23). The molecule has 2 N–H and O–H groups in total. The molecule has 146 valence electrons. The summed E-state index contributed by atoms with van der Waals surface area (Å²) >= 11 is 0. The van der Waals surface area contributed by atoms with Gasteiger partial charge in [0.1, 0.15) is 5.75 Å². The van der Waals surface area contributed by atoms with Crippen molar-refractivity contribution in [2.45, 2.75) is 33.2 Å². The van der Waals surface area contributed by atoms with Crippen molar-refractivity contribution < 1.29 is 9.47 Å². The molecule has 6 heteroatoms. The molecule has 0 saturated carbocycles. The predicted molar refractivity (Wildman–Crippen MR) is 107 cm³/mol. The van der Waals surface area contributed by atoms with Gasteiger partial charge in [-0.25, -0.2) is 4.99 Å². The highest BCUT2D eigenvalue weighted by Crippen LogP contribution is 2.14. The topological polar surface area (TPSA) is 58.1 Å². The van der Waals surface area contributed by atoms with Crippen LogP contribution in [0.3, 0.4) is 0 Å². The third-order valence-electron chi connectivity index (χ3n) is 4.18. The molecule has 0 unspecified atom stereocenters. The Morgan fingerprint density at radius 2 is 2.08 bits per heavy atom. The summed E-state index contributed by atoms with van der Waals surface area (Å²) in [5.74, 6) is 1.79.